The lowest BCUT2D eigenvalue weighted by atomic mass is 9.75. The summed E-state index contributed by atoms with van der Waals surface area (Å²) in [6, 6.07) is 6.24. The topological polar surface area (TPSA) is 112 Å². The van der Waals surface area contributed by atoms with E-state index in [2.05, 4.69) is 5.16 Å². The first-order chi connectivity index (χ1) is 11.6. The van der Waals surface area contributed by atoms with Crippen LogP contribution >= 0.6 is 0 Å². The Bertz CT molecular complexity index is 791. The molecular formula is C14H12F3N3O5. The van der Waals surface area contributed by atoms with Gasteiger partial charge in [0, 0.05) is 11.3 Å². The second kappa shape index (κ2) is 6.49. The van der Waals surface area contributed by atoms with Crippen LogP contribution in [0.4, 0.5) is 18.9 Å². The molecule has 0 spiro atoms. The molecule has 0 aliphatic carbocycles. The number of aromatic nitrogens is 1. The molecule has 1 unspecified atom stereocenters. The molecule has 1 aromatic heterocycles. The van der Waals surface area contributed by atoms with Gasteiger partial charge in [-0.3, -0.25) is 20.2 Å². The van der Waals surface area contributed by atoms with E-state index in [-0.39, 0.29) is 11.3 Å². The first-order valence-corrected chi connectivity index (χ1v) is 6.92. The van der Waals surface area contributed by atoms with Crippen molar-refractivity contribution >= 4 is 5.69 Å². The number of hydrogen-bond acceptors (Lipinski definition) is 6. The van der Waals surface area contributed by atoms with Gasteiger partial charge in [0.05, 0.1) is 4.92 Å². The van der Waals surface area contributed by atoms with E-state index < -0.39 is 45.9 Å². The van der Waals surface area contributed by atoms with E-state index in [1.54, 1.807) is 0 Å². The van der Waals surface area contributed by atoms with Gasteiger partial charge >= 0.3 is 11.9 Å². The fourth-order valence-electron chi connectivity index (χ4n) is 2.62. The van der Waals surface area contributed by atoms with Crippen LogP contribution in [-0.2, 0) is 11.8 Å². The van der Waals surface area contributed by atoms with E-state index in [1.165, 1.54) is 25.1 Å². The maximum atomic E-state index is 13.9. The van der Waals surface area contributed by atoms with Crippen LogP contribution in [-0.4, -0.2) is 27.7 Å². The van der Waals surface area contributed by atoms with Gasteiger partial charge in [0.15, 0.2) is 11.1 Å². The van der Waals surface area contributed by atoms with Crippen molar-refractivity contribution in [1.29, 1.82) is 0 Å². The van der Waals surface area contributed by atoms with Crippen LogP contribution in [0.15, 0.2) is 34.9 Å². The highest BCUT2D eigenvalue weighted by atomic mass is 19.4. The highest BCUT2D eigenvalue weighted by Gasteiger charge is 2.61. The summed E-state index contributed by atoms with van der Waals surface area (Å²) in [6.45, 7) is -0.298. The van der Waals surface area contributed by atoms with E-state index in [0.717, 1.165) is 12.1 Å². The van der Waals surface area contributed by atoms with Crippen LogP contribution in [0.5, 0.6) is 0 Å². The van der Waals surface area contributed by atoms with Crippen molar-refractivity contribution in [2.24, 2.45) is 0 Å². The molecule has 0 bridgehead atoms. The Morgan fingerprint density at radius 1 is 1.16 bits per heavy atom. The Labute approximate surface area is 138 Å². The Hall–Kier alpha value is -2.98. The van der Waals surface area contributed by atoms with E-state index in [0.29, 0.717) is 0 Å². The Morgan fingerprint density at radius 3 is 2.24 bits per heavy atom. The van der Waals surface area contributed by atoms with Gasteiger partial charge in [-0.25, -0.2) is 0 Å². The second-order valence-corrected chi connectivity index (χ2v) is 5.41. The van der Waals surface area contributed by atoms with Crippen molar-refractivity contribution in [3.05, 3.63) is 67.6 Å². The molecule has 0 aliphatic heterocycles. The number of nitro groups is 2. The Balaban J connectivity index is 2.67. The summed E-state index contributed by atoms with van der Waals surface area (Å²) in [5, 5.41) is 25.4. The predicted molar refractivity (Wildman–Crippen MR) is 77.6 cm³/mol. The molecule has 11 heteroatoms. The second-order valence-electron chi connectivity index (χ2n) is 5.41. The SMILES string of the molecule is Cc1noc(CC(C[N+](=O)[O-])(c2ccccc2)C(F)(F)F)c1[N+](=O)[O-]. The van der Waals surface area contributed by atoms with Gasteiger partial charge in [0.2, 0.25) is 12.3 Å². The molecule has 1 aromatic carbocycles. The van der Waals surface area contributed by atoms with Crippen LogP contribution in [0.25, 0.3) is 0 Å². The third kappa shape index (κ3) is 3.44. The fourth-order valence-corrected chi connectivity index (χ4v) is 2.62. The summed E-state index contributed by atoms with van der Waals surface area (Å²) >= 11 is 0. The van der Waals surface area contributed by atoms with Crippen molar-refractivity contribution in [2.75, 3.05) is 6.54 Å². The first-order valence-electron chi connectivity index (χ1n) is 6.92. The smallest absolute Gasteiger partial charge is 0.354 e. The van der Waals surface area contributed by atoms with Gasteiger partial charge in [-0.05, 0) is 12.5 Å². The van der Waals surface area contributed by atoms with E-state index in [4.69, 9.17) is 4.52 Å². The number of benzene rings is 1. The molecule has 134 valence electrons. The van der Waals surface area contributed by atoms with Crippen molar-refractivity contribution in [1.82, 2.24) is 5.16 Å². The zero-order valence-electron chi connectivity index (χ0n) is 12.8. The van der Waals surface area contributed by atoms with Gasteiger partial charge in [-0.15, -0.1) is 0 Å². The molecule has 0 saturated heterocycles. The number of rotatable bonds is 6. The van der Waals surface area contributed by atoms with Crippen LogP contribution in [0.3, 0.4) is 0 Å². The minimum Gasteiger partial charge on any atom is -0.354 e. The van der Waals surface area contributed by atoms with Crippen molar-refractivity contribution in [3.8, 4) is 0 Å². The molecule has 2 rings (SSSR count). The molecule has 0 radical (unpaired) electrons. The zero-order chi connectivity index (χ0) is 18.8. The van der Waals surface area contributed by atoms with E-state index >= 15 is 0 Å². The highest BCUT2D eigenvalue weighted by molar-refractivity contribution is 5.41. The standard InChI is InChI=1S/C14H12F3N3O5/c1-9-12(20(23)24)11(25-18-9)7-13(8-19(21)22,14(15,16)17)10-5-3-2-4-6-10/h2-6H,7-8H2,1H3. The molecule has 0 amide bonds. The molecule has 1 heterocycles. The normalized spacial score (nSPS) is 14.1. The molecule has 0 aliphatic rings. The van der Waals surface area contributed by atoms with Crippen LogP contribution in [0.2, 0.25) is 0 Å². The minimum atomic E-state index is -5.06. The quantitative estimate of drug-likeness (QED) is 0.578. The molecule has 0 fully saturated rings. The van der Waals surface area contributed by atoms with Crippen LogP contribution in [0.1, 0.15) is 17.0 Å². The molecule has 1 atom stereocenters. The summed E-state index contributed by atoms with van der Waals surface area (Å²) in [6.07, 6.45) is -6.17. The summed E-state index contributed by atoms with van der Waals surface area (Å²) in [4.78, 5) is 20.0. The first kappa shape index (κ1) is 18.4. The van der Waals surface area contributed by atoms with Crippen LogP contribution < -0.4 is 0 Å². The number of hydrogen-bond donors (Lipinski definition) is 0. The van der Waals surface area contributed by atoms with Crippen molar-refractivity contribution in [3.63, 3.8) is 0 Å². The lowest BCUT2D eigenvalue weighted by molar-refractivity contribution is -0.502. The van der Waals surface area contributed by atoms with Gasteiger partial charge in [0.25, 0.3) is 0 Å². The number of halogens is 3. The van der Waals surface area contributed by atoms with Gasteiger partial charge in [-0.1, -0.05) is 35.5 Å². The summed E-state index contributed by atoms with van der Waals surface area (Å²) in [5.41, 5.74) is -4.30. The van der Waals surface area contributed by atoms with Crippen LogP contribution in [0, 0.1) is 27.2 Å². The molecule has 8 nitrogen and oxygen atoms in total. The maximum absolute atomic E-state index is 13.9. The fraction of sp³-hybridized carbons (Fsp3) is 0.357. The summed E-state index contributed by atoms with van der Waals surface area (Å²) in [7, 11) is 0. The minimum absolute atomic E-state index is 0.203. The Kier molecular flexibility index (Phi) is 4.77. The monoisotopic (exact) mass is 359 g/mol. The average molecular weight is 359 g/mol. The molecule has 25 heavy (non-hydrogen) atoms. The largest absolute Gasteiger partial charge is 0.405 e. The lowest BCUT2D eigenvalue weighted by Crippen LogP contribution is -2.49. The molecule has 0 N–H and O–H groups in total. The number of alkyl halides is 3. The predicted octanol–water partition coefficient (Wildman–Crippen LogP) is 3.21. The third-order valence-electron chi connectivity index (χ3n) is 3.81. The van der Waals surface area contributed by atoms with Gasteiger partial charge in [0.1, 0.15) is 0 Å². The summed E-state index contributed by atoms with van der Waals surface area (Å²) in [5.74, 6) is -0.662. The lowest BCUT2D eigenvalue weighted by Gasteiger charge is -2.31. The molecule has 0 saturated carbocycles. The van der Waals surface area contributed by atoms with Crippen molar-refractivity contribution < 1.29 is 27.5 Å². The average Bonchev–Trinajstić information content (AvgIpc) is 2.86. The van der Waals surface area contributed by atoms with Gasteiger partial charge < -0.3 is 4.52 Å². The summed E-state index contributed by atoms with van der Waals surface area (Å²) < 4.78 is 46.4. The number of nitrogens with zero attached hydrogens (tertiary/aromatic N) is 3. The Morgan fingerprint density at radius 2 is 1.76 bits per heavy atom. The zero-order valence-corrected chi connectivity index (χ0v) is 12.8. The van der Waals surface area contributed by atoms with Crippen molar-refractivity contribution in [2.45, 2.75) is 24.9 Å². The highest BCUT2D eigenvalue weighted by Crippen LogP contribution is 2.45. The number of aryl methyl sites for hydroxylation is 1. The van der Waals surface area contributed by atoms with Gasteiger partial charge in [-0.2, -0.15) is 13.2 Å². The third-order valence-corrected chi connectivity index (χ3v) is 3.81. The molecular weight excluding hydrogens is 347 g/mol. The maximum Gasteiger partial charge on any atom is 0.405 e. The van der Waals surface area contributed by atoms with E-state index in [1.807, 2.05) is 0 Å². The van der Waals surface area contributed by atoms with E-state index in [9.17, 15) is 33.4 Å². The molecule has 2 aromatic rings.